The fraction of sp³-hybridized carbons (Fsp3) is 0.235. The number of rotatable bonds is 5. The summed E-state index contributed by atoms with van der Waals surface area (Å²) in [5.74, 6) is -0.744. The molecule has 2 amide bonds. The zero-order valence-corrected chi connectivity index (χ0v) is 13.8. The first-order valence-electron chi connectivity index (χ1n) is 7.18. The summed E-state index contributed by atoms with van der Waals surface area (Å²) in [5, 5.41) is 5.85. The van der Waals surface area contributed by atoms with E-state index < -0.39 is 5.91 Å². The van der Waals surface area contributed by atoms with Gasteiger partial charge in [-0.25, -0.2) is 0 Å². The Kier molecular flexibility index (Phi) is 5.71. The normalized spacial score (nSPS) is 10.2. The first-order valence-corrected chi connectivity index (χ1v) is 7.55. The third kappa shape index (κ3) is 5.07. The lowest BCUT2D eigenvalue weighted by Gasteiger charge is -2.11. The lowest BCUT2D eigenvalue weighted by atomic mass is 10.1. The highest BCUT2D eigenvalue weighted by Crippen LogP contribution is 2.27. The number of anilines is 1. The van der Waals surface area contributed by atoms with E-state index in [9.17, 15) is 9.59 Å². The molecule has 0 saturated carbocycles. The largest absolute Gasteiger partial charge is 0.352 e. The number of amides is 2. The van der Waals surface area contributed by atoms with E-state index in [1.54, 1.807) is 30.6 Å². The highest BCUT2D eigenvalue weighted by Gasteiger charge is 2.13. The number of carbonyl (C=O) groups excluding carboxylic acids is 2. The lowest BCUT2D eigenvalue weighted by Crippen LogP contribution is -2.28. The average Bonchev–Trinajstić information content (AvgIpc) is 2.50. The van der Waals surface area contributed by atoms with Crippen LogP contribution in [0.2, 0.25) is 5.02 Å². The first-order chi connectivity index (χ1) is 11.0. The Morgan fingerprint density at radius 1 is 1.13 bits per heavy atom. The minimum Gasteiger partial charge on any atom is -0.352 e. The van der Waals surface area contributed by atoms with Gasteiger partial charge in [-0.1, -0.05) is 17.7 Å². The monoisotopic (exact) mass is 331 g/mol. The molecule has 0 aliphatic carbocycles. The quantitative estimate of drug-likeness (QED) is 0.827. The van der Waals surface area contributed by atoms with Gasteiger partial charge in [0, 0.05) is 18.9 Å². The molecule has 6 heteroatoms. The summed E-state index contributed by atoms with van der Waals surface area (Å²) >= 11 is 6.14. The fourth-order valence-corrected chi connectivity index (χ4v) is 2.54. The van der Waals surface area contributed by atoms with Crippen LogP contribution in [0, 0.1) is 13.8 Å². The van der Waals surface area contributed by atoms with Gasteiger partial charge in [0.15, 0.2) is 0 Å². The van der Waals surface area contributed by atoms with E-state index in [1.807, 2.05) is 19.9 Å². The van der Waals surface area contributed by atoms with E-state index in [0.717, 1.165) is 16.7 Å². The predicted molar refractivity (Wildman–Crippen MR) is 90.3 cm³/mol. The Morgan fingerprint density at radius 3 is 2.48 bits per heavy atom. The Bertz CT molecular complexity index is 694. The van der Waals surface area contributed by atoms with Crippen molar-refractivity contribution in [2.75, 3.05) is 5.32 Å². The number of halogens is 1. The minimum atomic E-state index is -0.397. The molecule has 1 heterocycles. The van der Waals surface area contributed by atoms with Crippen molar-refractivity contribution in [3.05, 3.63) is 58.4 Å². The van der Waals surface area contributed by atoms with E-state index in [1.165, 1.54) is 0 Å². The molecule has 0 aliphatic heterocycles. The third-order valence-electron chi connectivity index (χ3n) is 3.26. The standard InChI is InChI=1S/C17H18ClN3O2/c1-11-7-12(2)17(14(18)8-11)21-16(23)9-15(22)20-10-13-3-5-19-6-4-13/h3-8H,9-10H2,1-2H3,(H,20,22)(H,21,23). The second-order valence-corrected chi connectivity index (χ2v) is 5.70. The predicted octanol–water partition coefficient (Wildman–Crippen LogP) is 3.00. The van der Waals surface area contributed by atoms with Crippen LogP contribution in [0.4, 0.5) is 5.69 Å². The van der Waals surface area contributed by atoms with Crippen molar-refractivity contribution < 1.29 is 9.59 Å². The number of hydrogen-bond acceptors (Lipinski definition) is 3. The highest BCUT2D eigenvalue weighted by molar-refractivity contribution is 6.34. The maximum atomic E-state index is 12.0. The van der Waals surface area contributed by atoms with Crippen molar-refractivity contribution >= 4 is 29.1 Å². The molecular formula is C17H18ClN3O2. The molecule has 0 spiro atoms. The van der Waals surface area contributed by atoms with Crippen LogP contribution in [0.15, 0.2) is 36.7 Å². The van der Waals surface area contributed by atoms with Crippen molar-refractivity contribution in [1.82, 2.24) is 10.3 Å². The van der Waals surface area contributed by atoms with Crippen LogP contribution in [-0.4, -0.2) is 16.8 Å². The summed E-state index contributed by atoms with van der Waals surface area (Å²) in [4.78, 5) is 27.7. The first kappa shape index (κ1) is 17.0. The van der Waals surface area contributed by atoms with Gasteiger partial charge in [-0.2, -0.15) is 0 Å². The van der Waals surface area contributed by atoms with Gasteiger partial charge < -0.3 is 10.6 Å². The average molecular weight is 332 g/mol. The summed E-state index contributed by atoms with van der Waals surface area (Å²) in [5.41, 5.74) is 3.34. The molecule has 0 aliphatic rings. The van der Waals surface area contributed by atoms with Crippen molar-refractivity contribution in [3.8, 4) is 0 Å². The number of pyridine rings is 1. The maximum Gasteiger partial charge on any atom is 0.233 e. The van der Waals surface area contributed by atoms with Gasteiger partial charge in [0.1, 0.15) is 6.42 Å². The van der Waals surface area contributed by atoms with Gasteiger partial charge >= 0.3 is 0 Å². The van der Waals surface area contributed by atoms with Crippen LogP contribution >= 0.6 is 11.6 Å². The number of carbonyl (C=O) groups is 2. The molecule has 2 aromatic rings. The van der Waals surface area contributed by atoms with Crippen LogP contribution in [-0.2, 0) is 16.1 Å². The number of aryl methyl sites for hydroxylation is 2. The van der Waals surface area contributed by atoms with Crippen molar-refractivity contribution in [2.24, 2.45) is 0 Å². The zero-order valence-electron chi connectivity index (χ0n) is 13.0. The molecule has 0 atom stereocenters. The van der Waals surface area contributed by atoms with Crippen molar-refractivity contribution in [1.29, 1.82) is 0 Å². The molecule has 0 unspecified atom stereocenters. The van der Waals surface area contributed by atoms with Crippen LogP contribution in [0.25, 0.3) is 0 Å². The van der Waals surface area contributed by atoms with Crippen molar-refractivity contribution in [3.63, 3.8) is 0 Å². The Labute approximate surface area is 140 Å². The van der Waals surface area contributed by atoms with Crippen LogP contribution in [0.1, 0.15) is 23.1 Å². The number of aromatic nitrogens is 1. The van der Waals surface area contributed by atoms with E-state index in [0.29, 0.717) is 17.3 Å². The van der Waals surface area contributed by atoms with Crippen LogP contribution in [0.5, 0.6) is 0 Å². The maximum absolute atomic E-state index is 12.0. The molecule has 2 N–H and O–H groups in total. The summed E-state index contributed by atoms with van der Waals surface area (Å²) < 4.78 is 0. The Balaban J connectivity index is 1.88. The SMILES string of the molecule is Cc1cc(C)c(NC(=O)CC(=O)NCc2ccncc2)c(Cl)c1. The molecule has 0 saturated heterocycles. The topological polar surface area (TPSA) is 71.1 Å². The smallest absolute Gasteiger partial charge is 0.233 e. The fourth-order valence-electron chi connectivity index (χ4n) is 2.17. The van der Waals surface area contributed by atoms with Gasteiger partial charge in [-0.05, 0) is 48.7 Å². The van der Waals surface area contributed by atoms with Gasteiger partial charge in [-0.15, -0.1) is 0 Å². The van der Waals surface area contributed by atoms with Gasteiger partial charge in [0.2, 0.25) is 11.8 Å². The van der Waals surface area contributed by atoms with Gasteiger partial charge in [-0.3, -0.25) is 14.6 Å². The molecule has 120 valence electrons. The summed E-state index contributed by atoms with van der Waals surface area (Å²) in [6, 6.07) is 7.30. The van der Waals surface area contributed by atoms with Crippen LogP contribution < -0.4 is 10.6 Å². The molecular weight excluding hydrogens is 314 g/mol. The molecule has 1 aromatic carbocycles. The number of nitrogens with one attached hydrogen (secondary N) is 2. The molecule has 23 heavy (non-hydrogen) atoms. The molecule has 0 radical (unpaired) electrons. The minimum absolute atomic E-state index is 0.255. The van der Waals surface area contributed by atoms with E-state index in [2.05, 4.69) is 15.6 Å². The lowest BCUT2D eigenvalue weighted by molar-refractivity contribution is -0.126. The van der Waals surface area contributed by atoms with Crippen LogP contribution in [0.3, 0.4) is 0 Å². The Hall–Kier alpha value is -2.40. The van der Waals surface area contributed by atoms with Gasteiger partial charge in [0.25, 0.3) is 0 Å². The molecule has 1 aromatic heterocycles. The summed E-state index contributed by atoms with van der Waals surface area (Å²) in [7, 11) is 0. The molecule has 0 fully saturated rings. The second kappa shape index (κ2) is 7.74. The van der Waals surface area contributed by atoms with E-state index in [-0.39, 0.29) is 12.3 Å². The van der Waals surface area contributed by atoms with Gasteiger partial charge in [0.05, 0.1) is 10.7 Å². The number of hydrogen-bond donors (Lipinski definition) is 2. The molecule has 2 rings (SSSR count). The second-order valence-electron chi connectivity index (χ2n) is 5.30. The highest BCUT2D eigenvalue weighted by atomic mass is 35.5. The molecule has 0 bridgehead atoms. The molecule has 5 nitrogen and oxygen atoms in total. The van der Waals surface area contributed by atoms with E-state index >= 15 is 0 Å². The number of nitrogens with zero attached hydrogens (tertiary/aromatic N) is 1. The zero-order chi connectivity index (χ0) is 16.8. The van der Waals surface area contributed by atoms with E-state index in [4.69, 9.17) is 11.6 Å². The summed E-state index contributed by atoms with van der Waals surface area (Å²) in [6.07, 6.45) is 3.04. The number of benzene rings is 1. The Morgan fingerprint density at radius 2 is 1.83 bits per heavy atom. The summed E-state index contributed by atoms with van der Waals surface area (Å²) in [6.45, 7) is 4.15. The van der Waals surface area contributed by atoms with Crippen molar-refractivity contribution in [2.45, 2.75) is 26.8 Å². The third-order valence-corrected chi connectivity index (χ3v) is 3.55.